The molecule has 0 heterocycles. The van der Waals surface area contributed by atoms with Crippen LogP contribution in [0.4, 0.5) is 0 Å². The van der Waals surface area contributed by atoms with E-state index < -0.39 is 138 Å². The zero-order valence-electron chi connectivity index (χ0n) is 57.8. The SMILES string of the molecule is C/C=C\C[C@@H](C)[C@H](O)C(C(=O)N[C@@H](CC)C(=O)N(C)CC(=O)N(C)[C@H](C(N)=O)C(C)CC)N(C)C(=O)[C@H](C(C)C)N(C)C(=O)[C@@H](CC(C)C)N(C)C(=O)[C@@H](CC(C)C)N(C)C(=O)[C@H](C)NC(=O)[C@@H](CC)NC(=O)[C@H](CC(C)C)N(C)C(=O)[C@@H](C)C(C)C. The van der Waals surface area contributed by atoms with Gasteiger partial charge in [-0.1, -0.05) is 129 Å². The van der Waals surface area contributed by atoms with Gasteiger partial charge in [0.25, 0.3) is 0 Å². The van der Waals surface area contributed by atoms with Gasteiger partial charge in [0.15, 0.2) is 0 Å². The number of aliphatic hydroxyl groups excluding tert-OH is 1. The van der Waals surface area contributed by atoms with E-state index in [0.717, 1.165) is 9.80 Å². The van der Waals surface area contributed by atoms with Crippen LogP contribution >= 0.6 is 0 Å². The number of nitrogens with one attached hydrogen (secondary N) is 3. The Bertz CT molecular complexity index is 2330. The lowest BCUT2D eigenvalue weighted by Gasteiger charge is -2.41. The van der Waals surface area contributed by atoms with Crippen LogP contribution in [0.15, 0.2) is 12.2 Å². The summed E-state index contributed by atoms with van der Waals surface area (Å²) in [6.45, 7) is 32.1. The highest BCUT2D eigenvalue weighted by Gasteiger charge is 2.45. The molecule has 0 saturated heterocycles. The Hall–Kier alpha value is -6.13. The molecule has 0 spiro atoms. The molecule has 0 aliphatic heterocycles. The van der Waals surface area contributed by atoms with Gasteiger partial charge in [-0.15, -0.1) is 0 Å². The van der Waals surface area contributed by atoms with Crippen molar-refractivity contribution in [1.29, 1.82) is 0 Å². The fraction of sp³-hybridized carbons (Fsp3) is 0.797. The fourth-order valence-electron chi connectivity index (χ4n) is 10.7. The summed E-state index contributed by atoms with van der Waals surface area (Å²) >= 11 is 0. The molecule has 6 N–H and O–H groups in total. The highest BCUT2D eigenvalue weighted by atomic mass is 16.3. The number of allylic oxidation sites excluding steroid dienone is 2. The second-order valence-corrected chi connectivity index (χ2v) is 26.2. The molecule has 23 heteroatoms. The summed E-state index contributed by atoms with van der Waals surface area (Å²) in [4.78, 5) is 164. The molecular weight excluding hydrogens is 1110 g/mol. The van der Waals surface area contributed by atoms with E-state index in [2.05, 4.69) is 16.0 Å². The highest BCUT2D eigenvalue weighted by Crippen LogP contribution is 2.26. The van der Waals surface area contributed by atoms with Gasteiger partial charge in [-0.2, -0.15) is 0 Å². The largest absolute Gasteiger partial charge is 0.390 e. The second-order valence-electron chi connectivity index (χ2n) is 26.2. The number of primary amides is 1. The number of hydrogen-bond donors (Lipinski definition) is 5. The zero-order chi connectivity index (χ0) is 68.0. The molecular formula is C64H117N11O12. The van der Waals surface area contributed by atoms with Crippen LogP contribution in [0.3, 0.4) is 0 Å². The Morgan fingerprint density at radius 2 is 0.885 bits per heavy atom. The van der Waals surface area contributed by atoms with Crippen LogP contribution in [0.2, 0.25) is 0 Å². The molecule has 0 aliphatic rings. The molecule has 0 saturated carbocycles. The van der Waals surface area contributed by atoms with Crippen molar-refractivity contribution >= 4 is 65.0 Å². The third-order valence-corrected chi connectivity index (χ3v) is 17.0. The lowest BCUT2D eigenvalue weighted by atomic mass is 9.91. The van der Waals surface area contributed by atoms with Crippen molar-refractivity contribution in [2.75, 3.05) is 55.9 Å². The van der Waals surface area contributed by atoms with Crippen LogP contribution in [0.25, 0.3) is 0 Å². The topological polar surface area (TPSA) is 293 Å². The minimum Gasteiger partial charge on any atom is -0.390 e. The van der Waals surface area contributed by atoms with Crippen LogP contribution in [-0.4, -0.2) is 221 Å². The molecule has 0 aromatic carbocycles. The molecule has 0 fully saturated rings. The minimum atomic E-state index is -1.60. The first-order valence-corrected chi connectivity index (χ1v) is 31.5. The maximum Gasteiger partial charge on any atom is 0.246 e. The summed E-state index contributed by atoms with van der Waals surface area (Å²) in [6, 6.07) is -10.4. The predicted octanol–water partition coefficient (Wildman–Crippen LogP) is 4.28. The first kappa shape index (κ1) is 80.9. The van der Waals surface area contributed by atoms with Gasteiger partial charge in [-0.3, -0.25) is 52.7 Å². The summed E-state index contributed by atoms with van der Waals surface area (Å²) in [5.41, 5.74) is 5.66. The number of hydrogen-bond acceptors (Lipinski definition) is 12. The summed E-state index contributed by atoms with van der Waals surface area (Å²) in [6.07, 6.45) is 3.85. The van der Waals surface area contributed by atoms with Gasteiger partial charge in [0.1, 0.15) is 54.4 Å². The third kappa shape index (κ3) is 23.4. The van der Waals surface area contributed by atoms with Crippen molar-refractivity contribution in [1.82, 2.24) is 50.2 Å². The molecule has 2 unspecified atom stereocenters. The molecule has 13 atom stereocenters. The number of nitrogens with zero attached hydrogens (tertiary/aromatic N) is 7. The Kier molecular flexibility index (Phi) is 35.0. The summed E-state index contributed by atoms with van der Waals surface area (Å²) < 4.78 is 0. The van der Waals surface area contributed by atoms with E-state index >= 15 is 9.59 Å². The van der Waals surface area contributed by atoms with E-state index in [9.17, 15) is 48.3 Å². The van der Waals surface area contributed by atoms with Gasteiger partial charge in [0.05, 0.1) is 12.6 Å². The van der Waals surface area contributed by atoms with Crippen LogP contribution < -0.4 is 21.7 Å². The Morgan fingerprint density at radius 3 is 1.31 bits per heavy atom. The van der Waals surface area contributed by atoms with E-state index in [1.54, 1.807) is 67.7 Å². The molecule has 87 heavy (non-hydrogen) atoms. The average Bonchev–Trinajstić information content (AvgIpc) is 1.09. The van der Waals surface area contributed by atoms with Gasteiger partial charge < -0.3 is 61.1 Å². The molecule has 0 rings (SSSR count). The molecule has 11 amide bonds. The normalized spacial score (nSPS) is 16.3. The third-order valence-electron chi connectivity index (χ3n) is 17.0. The first-order valence-electron chi connectivity index (χ1n) is 31.5. The number of carbonyl (C=O) groups is 11. The molecule has 23 nitrogen and oxygen atoms in total. The van der Waals surface area contributed by atoms with Crippen molar-refractivity contribution in [3.8, 4) is 0 Å². The van der Waals surface area contributed by atoms with Gasteiger partial charge in [-0.25, -0.2) is 0 Å². The number of rotatable bonds is 37. The maximum atomic E-state index is 15.1. The van der Waals surface area contributed by atoms with E-state index in [1.807, 2.05) is 69.2 Å². The molecule has 0 radical (unpaired) electrons. The quantitative estimate of drug-likeness (QED) is 0.0545. The lowest BCUT2D eigenvalue weighted by Crippen LogP contribution is -2.63. The number of carbonyl (C=O) groups excluding carboxylic acids is 11. The van der Waals surface area contributed by atoms with Crippen LogP contribution in [-0.2, 0) is 52.7 Å². The van der Waals surface area contributed by atoms with Crippen molar-refractivity contribution in [3.63, 3.8) is 0 Å². The fourth-order valence-corrected chi connectivity index (χ4v) is 10.7. The number of aliphatic hydroxyl groups is 1. The van der Waals surface area contributed by atoms with Gasteiger partial charge in [0, 0.05) is 55.3 Å². The number of nitrogens with two attached hydrogens (primary N) is 1. The van der Waals surface area contributed by atoms with E-state index in [4.69, 9.17) is 5.73 Å². The maximum absolute atomic E-state index is 15.1. The van der Waals surface area contributed by atoms with Crippen molar-refractivity contribution in [3.05, 3.63) is 12.2 Å². The first-order chi connectivity index (χ1) is 40.1. The van der Waals surface area contributed by atoms with E-state index in [1.165, 1.54) is 73.7 Å². The summed E-state index contributed by atoms with van der Waals surface area (Å²) in [5.74, 6) is -8.63. The average molecular weight is 1230 g/mol. The molecule has 0 bridgehead atoms. The van der Waals surface area contributed by atoms with Gasteiger partial charge in [-0.05, 0) is 93.8 Å². The van der Waals surface area contributed by atoms with E-state index in [-0.39, 0.29) is 67.1 Å². The lowest BCUT2D eigenvalue weighted by molar-refractivity contribution is -0.157. The minimum absolute atomic E-state index is 0.0376. The summed E-state index contributed by atoms with van der Waals surface area (Å²) in [7, 11) is 10.1. The van der Waals surface area contributed by atoms with Gasteiger partial charge in [0.2, 0.25) is 65.0 Å². The molecule has 500 valence electrons. The summed E-state index contributed by atoms with van der Waals surface area (Å²) in [5, 5.41) is 20.3. The monoisotopic (exact) mass is 1230 g/mol. The Morgan fingerprint density at radius 1 is 0.448 bits per heavy atom. The van der Waals surface area contributed by atoms with Crippen LogP contribution in [0, 0.1) is 47.3 Å². The number of likely N-dealkylation sites (N-methyl/N-ethyl adjacent to an activating group) is 7. The predicted molar refractivity (Wildman–Crippen MR) is 339 cm³/mol. The Balaban J connectivity index is 7.13. The Labute approximate surface area is 522 Å². The van der Waals surface area contributed by atoms with Gasteiger partial charge >= 0.3 is 0 Å². The zero-order valence-corrected chi connectivity index (χ0v) is 57.8. The van der Waals surface area contributed by atoms with Crippen LogP contribution in [0.1, 0.15) is 170 Å². The number of amides is 11. The smallest absolute Gasteiger partial charge is 0.246 e. The van der Waals surface area contributed by atoms with Crippen molar-refractivity contribution < 1.29 is 57.8 Å². The van der Waals surface area contributed by atoms with Crippen molar-refractivity contribution in [2.24, 2.45) is 53.1 Å². The van der Waals surface area contributed by atoms with Crippen LogP contribution in [0.5, 0.6) is 0 Å². The van der Waals surface area contributed by atoms with Crippen molar-refractivity contribution in [2.45, 2.75) is 230 Å². The highest BCUT2D eigenvalue weighted by molar-refractivity contribution is 5.99. The standard InChI is InChI=1S/C64H117N11O12/c1-26-30-31-42(16)54(77)53(58(81)68-46(29-4)61(84)69(19)35-50(76)73(23)52(55(65)78)41(15)27-2)75(25)64(87)51(40(13)14)74(24)63(86)49(34-38(9)10)72(22)62(85)48(33-37(7)8)71(21)60(83)44(18)66-56(79)45(28-3)67-57(80)47(32-36(5)6)70(20)59(82)43(17)39(11)12/h26,30,36-49,51-54,77H,27-29,31-35H2,1-25H3,(H2,65,78)(H,66,79)(H,67,80)(H,68,81)/b30-26-/t41?,42-,43+,44+,45-,46+,47+,48-,49-,51+,52+,53?,54+/m1/s1. The molecule has 0 aromatic rings. The molecule has 0 aromatic heterocycles. The molecule has 0 aliphatic carbocycles. The second kappa shape index (κ2) is 37.7. The van der Waals surface area contributed by atoms with E-state index in [0.29, 0.717) is 19.3 Å².